The maximum atomic E-state index is 13.0. The Kier molecular flexibility index (Phi) is 8.40. The zero-order valence-electron chi connectivity index (χ0n) is 16.9. The van der Waals surface area contributed by atoms with E-state index in [-0.39, 0.29) is 5.82 Å². The van der Waals surface area contributed by atoms with Gasteiger partial charge < -0.3 is 9.84 Å². The second-order valence-electron chi connectivity index (χ2n) is 6.79. The number of thiazole rings is 1. The zero-order chi connectivity index (χ0) is 21.4. The Hall–Kier alpha value is -2.19. The Morgan fingerprint density at radius 3 is 2.69 bits per heavy atom. The van der Waals surface area contributed by atoms with Gasteiger partial charge >= 0.3 is 5.97 Å². The summed E-state index contributed by atoms with van der Waals surface area (Å²) in [6.07, 6.45) is 3.02. The van der Waals surface area contributed by atoms with E-state index in [1.165, 1.54) is 35.2 Å². The van der Waals surface area contributed by atoms with Crippen molar-refractivity contribution in [3.05, 3.63) is 58.7 Å². The number of aliphatic carboxylic acids is 1. The van der Waals surface area contributed by atoms with Gasteiger partial charge in [0.2, 0.25) is 0 Å². The van der Waals surface area contributed by atoms with Crippen LogP contribution in [0.1, 0.15) is 45.4 Å². The van der Waals surface area contributed by atoms with Crippen molar-refractivity contribution in [1.82, 2.24) is 4.98 Å². The van der Waals surface area contributed by atoms with Crippen molar-refractivity contribution >= 4 is 34.8 Å². The Bertz CT molecular complexity index is 890. The molecule has 0 unspecified atom stereocenters. The molecule has 2 aromatic rings. The number of benzene rings is 1. The molecule has 0 saturated carbocycles. The Balaban J connectivity index is 1.89. The predicted molar refractivity (Wildman–Crippen MR) is 116 cm³/mol. The molecule has 1 aromatic heterocycles. The quantitative estimate of drug-likeness (QED) is 0.300. The first-order chi connectivity index (χ1) is 13.7. The summed E-state index contributed by atoms with van der Waals surface area (Å²) >= 11 is 2.68. The van der Waals surface area contributed by atoms with Crippen LogP contribution in [-0.4, -0.2) is 33.1 Å². The lowest BCUT2D eigenvalue weighted by Crippen LogP contribution is -2.26. The van der Waals surface area contributed by atoms with Crippen LogP contribution in [0.15, 0.2) is 50.9 Å². The lowest BCUT2D eigenvalue weighted by Gasteiger charge is -2.15. The number of allylic oxidation sites excluding steroid dienone is 1. The fraction of sp³-hybridized carbons (Fsp3) is 0.381. The van der Waals surface area contributed by atoms with E-state index in [0.29, 0.717) is 19.4 Å². The maximum Gasteiger partial charge on any atom is 0.319 e. The third kappa shape index (κ3) is 7.29. The number of ether oxygens (including phenoxy) is 1. The van der Waals surface area contributed by atoms with Crippen LogP contribution in [0.25, 0.3) is 0 Å². The zero-order valence-corrected chi connectivity index (χ0v) is 18.6. The standard InChI is InChI=1S/C21H25FN2O3S2/c1-5-18(12-23-14(2)15-6-8-16(22)9-7-15)27-11-10-17-13-28-20(24-17)29-21(3,4)19(25)26/h6-9,12-13H,5,10-11H2,1-4H3,(H,25,26)/b18-12+,23-14?. The molecular formula is C21H25FN2O3S2. The number of carboxylic acid groups (broad SMARTS) is 1. The van der Waals surface area contributed by atoms with Crippen LogP contribution in [0.4, 0.5) is 4.39 Å². The minimum atomic E-state index is -0.913. The van der Waals surface area contributed by atoms with E-state index in [1.807, 2.05) is 19.2 Å². The Labute approximate surface area is 178 Å². The van der Waals surface area contributed by atoms with Crippen molar-refractivity contribution < 1.29 is 19.0 Å². The van der Waals surface area contributed by atoms with E-state index in [0.717, 1.165) is 27.1 Å². The van der Waals surface area contributed by atoms with Gasteiger partial charge in [-0.2, -0.15) is 0 Å². The molecule has 1 N–H and O–H groups in total. The van der Waals surface area contributed by atoms with Crippen molar-refractivity contribution in [1.29, 1.82) is 0 Å². The molecule has 0 radical (unpaired) electrons. The molecule has 29 heavy (non-hydrogen) atoms. The highest BCUT2D eigenvalue weighted by Crippen LogP contribution is 2.34. The van der Waals surface area contributed by atoms with Crippen LogP contribution in [0.2, 0.25) is 0 Å². The minimum absolute atomic E-state index is 0.273. The molecule has 0 spiro atoms. The number of hydrogen-bond acceptors (Lipinski definition) is 6. The number of nitrogens with zero attached hydrogens (tertiary/aromatic N) is 2. The van der Waals surface area contributed by atoms with Gasteiger partial charge in [-0.15, -0.1) is 11.3 Å². The highest BCUT2D eigenvalue weighted by Gasteiger charge is 2.29. The summed E-state index contributed by atoms with van der Waals surface area (Å²) in [5, 5.41) is 11.1. The molecule has 0 aliphatic rings. The summed E-state index contributed by atoms with van der Waals surface area (Å²) in [5.74, 6) is -0.384. The molecule has 0 bridgehead atoms. The van der Waals surface area contributed by atoms with E-state index < -0.39 is 10.7 Å². The second-order valence-corrected chi connectivity index (χ2v) is 9.52. The number of halogens is 1. The largest absolute Gasteiger partial charge is 0.496 e. The summed E-state index contributed by atoms with van der Waals surface area (Å²) in [5.41, 5.74) is 2.51. The molecule has 0 fully saturated rings. The number of hydrogen-bond donors (Lipinski definition) is 1. The van der Waals surface area contributed by atoms with Crippen molar-refractivity contribution in [2.75, 3.05) is 6.61 Å². The third-order valence-corrected chi connectivity index (χ3v) is 6.22. The van der Waals surface area contributed by atoms with Gasteiger partial charge in [-0.1, -0.05) is 30.8 Å². The van der Waals surface area contributed by atoms with Gasteiger partial charge in [-0.05, 0) is 38.5 Å². The van der Waals surface area contributed by atoms with Crippen molar-refractivity contribution in [2.24, 2.45) is 4.99 Å². The van der Waals surface area contributed by atoms with Gasteiger partial charge in [-0.25, -0.2) is 9.37 Å². The number of aromatic nitrogens is 1. The molecule has 156 valence electrons. The van der Waals surface area contributed by atoms with Gasteiger partial charge in [-0.3, -0.25) is 9.79 Å². The number of carbonyl (C=O) groups is 1. The van der Waals surface area contributed by atoms with Crippen LogP contribution >= 0.6 is 23.1 Å². The molecule has 0 saturated heterocycles. The highest BCUT2D eigenvalue weighted by molar-refractivity contribution is 8.02. The summed E-state index contributed by atoms with van der Waals surface area (Å²) < 4.78 is 18.6. The van der Waals surface area contributed by atoms with E-state index in [4.69, 9.17) is 4.74 Å². The van der Waals surface area contributed by atoms with Gasteiger partial charge in [0.15, 0.2) is 4.34 Å². The summed E-state index contributed by atoms with van der Waals surface area (Å²) in [6, 6.07) is 6.20. The first kappa shape index (κ1) is 23.1. The molecule has 1 heterocycles. The normalized spacial score (nSPS) is 12.9. The van der Waals surface area contributed by atoms with E-state index >= 15 is 0 Å². The SMILES string of the molecule is CC/C(=C\N=C(C)c1ccc(F)cc1)OCCc1csc(SC(C)(C)C(=O)O)n1. The van der Waals surface area contributed by atoms with Crippen LogP contribution in [-0.2, 0) is 16.0 Å². The van der Waals surface area contributed by atoms with Crippen molar-refractivity contribution in [3.63, 3.8) is 0 Å². The Morgan fingerprint density at radius 2 is 2.07 bits per heavy atom. The minimum Gasteiger partial charge on any atom is -0.496 e. The molecule has 0 amide bonds. The monoisotopic (exact) mass is 436 g/mol. The maximum absolute atomic E-state index is 13.0. The first-order valence-corrected chi connectivity index (χ1v) is 10.9. The smallest absolute Gasteiger partial charge is 0.319 e. The molecule has 5 nitrogen and oxygen atoms in total. The molecule has 2 rings (SSSR count). The molecule has 0 atom stereocenters. The van der Waals surface area contributed by atoms with Crippen LogP contribution in [0.3, 0.4) is 0 Å². The highest BCUT2D eigenvalue weighted by atomic mass is 32.2. The van der Waals surface area contributed by atoms with Crippen molar-refractivity contribution in [3.8, 4) is 0 Å². The average molecular weight is 437 g/mol. The predicted octanol–water partition coefficient (Wildman–Crippen LogP) is 5.56. The third-order valence-electron chi connectivity index (χ3n) is 4.05. The van der Waals surface area contributed by atoms with Gasteiger partial charge in [0.1, 0.15) is 16.3 Å². The van der Waals surface area contributed by atoms with E-state index in [1.54, 1.807) is 32.2 Å². The molecule has 1 aromatic carbocycles. The van der Waals surface area contributed by atoms with Crippen LogP contribution in [0.5, 0.6) is 0 Å². The lowest BCUT2D eigenvalue weighted by molar-refractivity contribution is -0.138. The number of thioether (sulfide) groups is 1. The second kappa shape index (κ2) is 10.5. The fourth-order valence-electron chi connectivity index (χ4n) is 2.16. The molecular weight excluding hydrogens is 411 g/mol. The molecule has 8 heteroatoms. The average Bonchev–Trinajstić information content (AvgIpc) is 3.11. The molecule has 0 aliphatic heterocycles. The van der Waals surface area contributed by atoms with E-state index in [9.17, 15) is 14.3 Å². The summed E-state index contributed by atoms with van der Waals surface area (Å²) in [6.45, 7) is 7.64. The topological polar surface area (TPSA) is 71.8 Å². The fourth-order valence-corrected chi connectivity index (χ4v) is 4.39. The number of rotatable bonds is 10. The van der Waals surface area contributed by atoms with Crippen LogP contribution in [0, 0.1) is 5.82 Å². The lowest BCUT2D eigenvalue weighted by atomic mass is 10.1. The first-order valence-electron chi connectivity index (χ1n) is 9.20. The molecule has 0 aliphatic carbocycles. The van der Waals surface area contributed by atoms with E-state index in [2.05, 4.69) is 9.98 Å². The number of aliphatic imine (C=N–C) groups is 1. The summed E-state index contributed by atoms with van der Waals surface area (Å²) in [7, 11) is 0. The van der Waals surface area contributed by atoms with Gasteiger partial charge in [0.05, 0.1) is 18.5 Å². The van der Waals surface area contributed by atoms with Crippen molar-refractivity contribution in [2.45, 2.75) is 49.6 Å². The van der Waals surface area contributed by atoms with Crippen LogP contribution < -0.4 is 0 Å². The van der Waals surface area contributed by atoms with Gasteiger partial charge in [0, 0.05) is 23.9 Å². The van der Waals surface area contributed by atoms with Gasteiger partial charge in [0.25, 0.3) is 0 Å². The summed E-state index contributed by atoms with van der Waals surface area (Å²) in [4.78, 5) is 20.1. The Morgan fingerprint density at radius 1 is 1.38 bits per heavy atom. The number of carboxylic acids is 1.